The van der Waals surface area contributed by atoms with Gasteiger partial charge in [0.25, 0.3) is 0 Å². The van der Waals surface area contributed by atoms with Crippen molar-refractivity contribution in [1.82, 2.24) is 0 Å². The molecule has 0 aliphatic carbocycles. The van der Waals surface area contributed by atoms with Crippen LogP contribution in [0.3, 0.4) is 0 Å². The van der Waals surface area contributed by atoms with E-state index in [4.69, 9.17) is 5.73 Å². The third kappa shape index (κ3) is 2.71. The van der Waals surface area contributed by atoms with E-state index in [1.54, 1.807) is 0 Å². The van der Waals surface area contributed by atoms with Gasteiger partial charge in [0.1, 0.15) is 5.84 Å². The summed E-state index contributed by atoms with van der Waals surface area (Å²) in [5.41, 5.74) is 4.48. The van der Waals surface area contributed by atoms with Crippen molar-refractivity contribution in [3.63, 3.8) is 0 Å². The highest BCUT2D eigenvalue weighted by Gasteiger charge is 2.34. The van der Waals surface area contributed by atoms with Crippen LogP contribution in [-0.2, 0) is 6.18 Å². The van der Waals surface area contributed by atoms with Crippen molar-refractivity contribution < 1.29 is 13.2 Å². The summed E-state index contributed by atoms with van der Waals surface area (Å²) in [7, 11) is 1.34. The lowest BCUT2D eigenvalue weighted by Gasteiger charge is -2.12. The number of alkyl halides is 3. The summed E-state index contributed by atoms with van der Waals surface area (Å²) >= 11 is 2.98. The first-order chi connectivity index (χ1) is 6.86. The molecule has 0 radical (unpaired) electrons. The number of rotatable bonds is 1. The Morgan fingerprint density at radius 2 is 2.00 bits per heavy atom. The van der Waals surface area contributed by atoms with Gasteiger partial charge in [-0.15, -0.1) is 0 Å². The summed E-state index contributed by atoms with van der Waals surface area (Å²) in [6, 6.07) is 3.76. The van der Waals surface area contributed by atoms with E-state index in [1.165, 1.54) is 19.2 Å². The zero-order valence-electron chi connectivity index (χ0n) is 7.77. The maximum atomic E-state index is 12.6. The van der Waals surface area contributed by atoms with Crippen LogP contribution < -0.4 is 5.73 Å². The predicted molar refractivity (Wildman–Crippen MR) is 55.8 cm³/mol. The maximum absolute atomic E-state index is 12.6. The summed E-state index contributed by atoms with van der Waals surface area (Å²) < 4.78 is 38.1. The lowest BCUT2D eigenvalue weighted by atomic mass is 10.1. The van der Waals surface area contributed by atoms with Crippen LogP contribution in [0.2, 0.25) is 0 Å². The fourth-order valence-electron chi connectivity index (χ4n) is 1.09. The summed E-state index contributed by atoms with van der Waals surface area (Å²) in [4.78, 5) is 3.54. The van der Waals surface area contributed by atoms with Gasteiger partial charge in [-0.1, -0.05) is 15.9 Å². The Morgan fingerprint density at radius 3 is 2.47 bits per heavy atom. The molecular formula is C9H8BrF3N2. The van der Waals surface area contributed by atoms with Crippen LogP contribution in [0, 0.1) is 0 Å². The smallest absolute Gasteiger partial charge is 0.384 e. The average molecular weight is 281 g/mol. The van der Waals surface area contributed by atoms with E-state index in [-0.39, 0.29) is 11.4 Å². The Bertz CT molecular complexity index is 399. The second-order valence-corrected chi connectivity index (χ2v) is 3.71. The molecule has 0 saturated carbocycles. The molecule has 1 aromatic carbocycles. The number of amidine groups is 1. The Kier molecular flexibility index (Phi) is 3.38. The van der Waals surface area contributed by atoms with E-state index >= 15 is 0 Å². The van der Waals surface area contributed by atoms with Crippen molar-refractivity contribution in [2.45, 2.75) is 6.18 Å². The van der Waals surface area contributed by atoms with Gasteiger partial charge in [-0.25, -0.2) is 0 Å². The third-order valence-corrected chi connectivity index (χ3v) is 2.30. The van der Waals surface area contributed by atoms with Crippen LogP contribution >= 0.6 is 15.9 Å². The van der Waals surface area contributed by atoms with Crippen LogP contribution in [0.4, 0.5) is 13.2 Å². The molecule has 0 spiro atoms. The van der Waals surface area contributed by atoms with Crippen LogP contribution in [0.1, 0.15) is 11.1 Å². The van der Waals surface area contributed by atoms with Gasteiger partial charge in [0.2, 0.25) is 0 Å². The average Bonchev–Trinajstić information content (AvgIpc) is 2.15. The highest BCUT2D eigenvalue weighted by Crippen LogP contribution is 2.33. The number of hydrogen-bond donors (Lipinski definition) is 1. The molecule has 2 nitrogen and oxygen atoms in total. The molecule has 0 bridgehead atoms. The van der Waals surface area contributed by atoms with Crippen molar-refractivity contribution in [1.29, 1.82) is 0 Å². The van der Waals surface area contributed by atoms with Gasteiger partial charge in [0.15, 0.2) is 0 Å². The number of benzene rings is 1. The summed E-state index contributed by atoms with van der Waals surface area (Å²) in [5.74, 6) is -0.130. The first-order valence-corrected chi connectivity index (χ1v) is 4.75. The Labute approximate surface area is 93.1 Å². The minimum atomic E-state index is -4.44. The van der Waals surface area contributed by atoms with Crippen molar-refractivity contribution in [3.05, 3.63) is 33.8 Å². The summed E-state index contributed by atoms with van der Waals surface area (Å²) in [6.07, 6.45) is -4.44. The van der Waals surface area contributed by atoms with E-state index in [9.17, 15) is 13.2 Å². The van der Waals surface area contributed by atoms with E-state index in [0.29, 0.717) is 4.47 Å². The minimum Gasteiger partial charge on any atom is -0.384 e. The highest BCUT2D eigenvalue weighted by atomic mass is 79.9. The molecule has 0 amide bonds. The zero-order chi connectivity index (χ0) is 11.6. The van der Waals surface area contributed by atoms with Crippen molar-refractivity contribution in [3.8, 4) is 0 Å². The van der Waals surface area contributed by atoms with Gasteiger partial charge in [-0.3, -0.25) is 4.99 Å². The van der Waals surface area contributed by atoms with Gasteiger partial charge < -0.3 is 5.73 Å². The molecule has 6 heteroatoms. The van der Waals surface area contributed by atoms with Crippen LogP contribution in [-0.4, -0.2) is 12.9 Å². The lowest BCUT2D eigenvalue weighted by Crippen LogP contribution is -2.19. The first-order valence-electron chi connectivity index (χ1n) is 3.95. The lowest BCUT2D eigenvalue weighted by molar-refractivity contribution is -0.137. The Hall–Kier alpha value is -1.04. The fourth-order valence-corrected chi connectivity index (χ4v) is 1.46. The molecule has 0 unspecified atom stereocenters. The van der Waals surface area contributed by atoms with Crippen molar-refractivity contribution in [2.75, 3.05) is 7.05 Å². The Morgan fingerprint density at radius 1 is 1.40 bits per heavy atom. The fraction of sp³-hybridized carbons (Fsp3) is 0.222. The van der Waals surface area contributed by atoms with E-state index < -0.39 is 11.7 Å². The van der Waals surface area contributed by atoms with Crippen LogP contribution in [0.25, 0.3) is 0 Å². The van der Waals surface area contributed by atoms with Gasteiger partial charge in [0.05, 0.1) is 5.56 Å². The molecule has 0 aliphatic heterocycles. The Balaban J connectivity index is 3.40. The molecule has 0 aromatic heterocycles. The molecule has 0 aliphatic rings. The molecule has 0 atom stereocenters. The largest absolute Gasteiger partial charge is 0.417 e. The molecule has 0 heterocycles. The summed E-state index contributed by atoms with van der Waals surface area (Å²) in [6.45, 7) is 0. The second-order valence-electron chi connectivity index (χ2n) is 2.80. The molecule has 0 fully saturated rings. The second kappa shape index (κ2) is 4.22. The molecule has 15 heavy (non-hydrogen) atoms. The molecule has 82 valence electrons. The van der Waals surface area contributed by atoms with E-state index in [1.807, 2.05) is 0 Å². The number of hydrogen-bond acceptors (Lipinski definition) is 1. The monoisotopic (exact) mass is 280 g/mol. The number of nitrogens with two attached hydrogens (primary N) is 1. The highest BCUT2D eigenvalue weighted by molar-refractivity contribution is 9.10. The number of aliphatic imine (C=N–C) groups is 1. The van der Waals surface area contributed by atoms with Gasteiger partial charge >= 0.3 is 6.18 Å². The molecule has 0 saturated heterocycles. The molecule has 1 aromatic rings. The van der Waals surface area contributed by atoms with E-state index in [2.05, 4.69) is 20.9 Å². The molecule has 1 rings (SSSR count). The van der Waals surface area contributed by atoms with Crippen LogP contribution in [0.5, 0.6) is 0 Å². The third-order valence-electron chi connectivity index (χ3n) is 1.80. The molecular weight excluding hydrogens is 273 g/mol. The number of halogens is 4. The van der Waals surface area contributed by atoms with Gasteiger partial charge in [-0.2, -0.15) is 13.2 Å². The normalized spacial score (nSPS) is 13.0. The van der Waals surface area contributed by atoms with Gasteiger partial charge in [-0.05, 0) is 18.2 Å². The maximum Gasteiger partial charge on any atom is 0.417 e. The van der Waals surface area contributed by atoms with E-state index in [0.717, 1.165) is 6.07 Å². The zero-order valence-corrected chi connectivity index (χ0v) is 9.35. The topological polar surface area (TPSA) is 38.4 Å². The predicted octanol–water partition coefficient (Wildman–Crippen LogP) is 2.80. The van der Waals surface area contributed by atoms with Crippen molar-refractivity contribution in [2.24, 2.45) is 10.7 Å². The quantitative estimate of drug-likeness (QED) is 0.624. The standard InChI is InChI=1S/C9H8BrF3N2/c1-15-8(14)6-3-2-5(10)4-7(6)9(11,12)13/h2-4H,1H3,(H2,14,15). The number of nitrogens with zero attached hydrogens (tertiary/aromatic N) is 1. The summed E-state index contributed by atoms with van der Waals surface area (Å²) in [5, 5.41) is 0. The SMILES string of the molecule is CN=C(N)c1ccc(Br)cc1C(F)(F)F. The van der Waals surface area contributed by atoms with Gasteiger partial charge in [0, 0.05) is 17.1 Å². The first kappa shape index (κ1) is 12.0. The van der Waals surface area contributed by atoms with Crippen LogP contribution in [0.15, 0.2) is 27.7 Å². The minimum absolute atomic E-state index is 0.104. The van der Waals surface area contributed by atoms with Crippen molar-refractivity contribution >= 4 is 21.8 Å². The molecule has 2 N–H and O–H groups in total.